The largest absolute Gasteiger partial charge is 0.392 e. The molecule has 2 aromatic rings. The van der Waals surface area contributed by atoms with Crippen LogP contribution >= 0.6 is 0 Å². The normalized spacial score (nSPS) is 16.9. The van der Waals surface area contributed by atoms with Gasteiger partial charge in [0.1, 0.15) is 0 Å². The number of rotatable bonds is 4. The number of hydrogen-bond acceptors (Lipinski definition) is 4. The lowest BCUT2D eigenvalue weighted by atomic mass is 10.0. The van der Waals surface area contributed by atoms with Crippen molar-refractivity contribution in [2.24, 2.45) is 11.0 Å². The Balaban J connectivity index is 1.78. The number of hydrogen-bond donors (Lipinski definition) is 2. The van der Waals surface area contributed by atoms with E-state index in [2.05, 4.69) is 10.4 Å². The van der Waals surface area contributed by atoms with Gasteiger partial charge in [0.15, 0.2) is 5.92 Å². The van der Waals surface area contributed by atoms with Crippen molar-refractivity contribution in [3.8, 4) is 0 Å². The molecule has 0 aromatic heterocycles. The molecule has 1 unspecified atom stereocenters. The number of carbonyl (C=O) groups excluding carboxylic acids is 2. The van der Waals surface area contributed by atoms with E-state index in [4.69, 9.17) is 5.11 Å². The Morgan fingerprint density at radius 1 is 1.21 bits per heavy atom. The summed E-state index contributed by atoms with van der Waals surface area (Å²) in [5.74, 6) is -1.77. The molecule has 0 saturated carbocycles. The average Bonchev–Trinajstić information content (AvgIpc) is 2.90. The second-order valence-electron chi connectivity index (χ2n) is 5.51. The smallest absolute Gasteiger partial charge is 0.265 e. The summed E-state index contributed by atoms with van der Waals surface area (Å²) < 4.78 is 0. The summed E-state index contributed by atoms with van der Waals surface area (Å²) in [4.78, 5) is 25.1. The third kappa shape index (κ3) is 3.04. The number of anilines is 2. The minimum atomic E-state index is -0.956. The summed E-state index contributed by atoms with van der Waals surface area (Å²) in [6.45, 7) is 1.55. The molecule has 6 heteroatoms. The van der Waals surface area contributed by atoms with E-state index in [-0.39, 0.29) is 12.5 Å². The van der Waals surface area contributed by atoms with E-state index in [0.29, 0.717) is 22.6 Å². The van der Waals surface area contributed by atoms with Gasteiger partial charge in [0, 0.05) is 5.69 Å². The SMILES string of the molecule is CC1=NN(c2ccccc2)C(=O)C1C(=O)Nc1cccc(CO)c1. The molecule has 0 bridgehead atoms. The highest BCUT2D eigenvalue weighted by Gasteiger charge is 2.39. The molecule has 1 aliphatic rings. The van der Waals surface area contributed by atoms with E-state index in [1.54, 1.807) is 55.5 Å². The zero-order chi connectivity index (χ0) is 17.1. The predicted molar refractivity (Wildman–Crippen MR) is 91.5 cm³/mol. The zero-order valence-corrected chi connectivity index (χ0v) is 13.1. The number of hydrazone groups is 1. The summed E-state index contributed by atoms with van der Waals surface area (Å²) >= 11 is 0. The summed E-state index contributed by atoms with van der Waals surface area (Å²) in [6, 6.07) is 15.8. The molecule has 0 radical (unpaired) electrons. The topological polar surface area (TPSA) is 82.0 Å². The molecular formula is C18H17N3O3. The number of aliphatic hydroxyl groups is 1. The maximum Gasteiger partial charge on any atom is 0.265 e. The van der Waals surface area contributed by atoms with Crippen molar-refractivity contribution in [2.45, 2.75) is 13.5 Å². The Morgan fingerprint density at radius 3 is 2.67 bits per heavy atom. The van der Waals surface area contributed by atoms with E-state index >= 15 is 0 Å². The van der Waals surface area contributed by atoms with E-state index in [1.807, 2.05) is 6.07 Å². The molecule has 1 heterocycles. The molecule has 1 aliphatic heterocycles. The van der Waals surface area contributed by atoms with Gasteiger partial charge < -0.3 is 10.4 Å². The van der Waals surface area contributed by atoms with Crippen LogP contribution in [0, 0.1) is 5.92 Å². The maximum absolute atomic E-state index is 12.6. The van der Waals surface area contributed by atoms with Crippen LogP contribution in [0.1, 0.15) is 12.5 Å². The first-order valence-corrected chi connectivity index (χ1v) is 7.55. The monoisotopic (exact) mass is 323 g/mol. The fourth-order valence-corrected chi connectivity index (χ4v) is 2.58. The van der Waals surface area contributed by atoms with Crippen molar-refractivity contribution in [2.75, 3.05) is 10.3 Å². The number of carbonyl (C=O) groups is 2. The van der Waals surface area contributed by atoms with Crippen LogP contribution in [0.3, 0.4) is 0 Å². The lowest BCUT2D eigenvalue weighted by Crippen LogP contribution is -2.36. The second kappa shape index (κ2) is 6.64. The van der Waals surface area contributed by atoms with Gasteiger partial charge in [-0.1, -0.05) is 30.3 Å². The van der Waals surface area contributed by atoms with Gasteiger partial charge in [0.25, 0.3) is 5.91 Å². The molecule has 2 N–H and O–H groups in total. The van der Waals surface area contributed by atoms with Crippen molar-refractivity contribution in [1.82, 2.24) is 0 Å². The Bertz CT molecular complexity index is 802. The van der Waals surface area contributed by atoms with E-state index in [9.17, 15) is 9.59 Å². The molecule has 0 aliphatic carbocycles. The third-order valence-electron chi connectivity index (χ3n) is 3.77. The second-order valence-corrected chi connectivity index (χ2v) is 5.51. The lowest BCUT2D eigenvalue weighted by Gasteiger charge is -2.14. The Labute approximate surface area is 139 Å². The molecule has 3 rings (SSSR count). The number of para-hydroxylation sites is 1. The summed E-state index contributed by atoms with van der Waals surface area (Å²) in [6.07, 6.45) is 0. The van der Waals surface area contributed by atoms with Crippen LogP contribution < -0.4 is 10.3 Å². The number of nitrogens with zero attached hydrogens (tertiary/aromatic N) is 2. The predicted octanol–water partition coefficient (Wildman–Crippen LogP) is 2.16. The van der Waals surface area contributed by atoms with Gasteiger partial charge in [-0.3, -0.25) is 9.59 Å². The standard InChI is InChI=1S/C18H17N3O3/c1-12-16(17(23)19-14-7-5-6-13(10-14)11-22)18(24)21(20-12)15-8-3-2-4-9-15/h2-10,16,22H,11H2,1H3,(H,19,23). The lowest BCUT2D eigenvalue weighted by molar-refractivity contribution is -0.127. The van der Waals surface area contributed by atoms with Crippen LogP contribution in [0.15, 0.2) is 59.7 Å². The number of benzene rings is 2. The molecule has 122 valence electrons. The molecular weight excluding hydrogens is 306 g/mol. The minimum Gasteiger partial charge on any atom is -0.392 e. The fraction of sp³-hybridized carbons (Fsp3) is 0.167. The van der Waals surface area contributed by atoms with Gasteiger partial charge in [-0.15, -0.1) is 0 Å². The summed E-state index contributed by atoms with van der Waals surface area (Å²) in [7, 11) is 0. The first-order chi connectivity index (χ1) is 11.6. The highest BCUT2D eigenvalue weighted by molar-refractivity contribution is 6.28. The number of amides is 2. The van der Waals surface area contributed by atoms with Gasteiger partial charge in [-0.05, 0) is 36.8 Å². The summed E-state index contributed by atoms with van der Waals surface area (Å²) in [5.41, 5.74) is 2.28. The quantitative estimate of drug-likeness (QED) is 0.846. The highest BCUT2D eigenvalue weighted by atomic mass is 16.3. The van der Waals surface area contributed by atoms with Gasteiger partial charge in [-0.25, -0.2) is 0 Å². The first-order valence-electron chi connectivity index (χ1n) is 7.55. The van der Waals surface area contributed by atoms with Gasteiger partial charge in [-0.2, -0.15) is 10.1 Å². The molecule has 2 aromatic carbocycles. The third-order valence-corrected chi connectivity index (χ3v) is 3.77. The van der Waals surface area contributed by atoms with Crippen molar-refractivity contribution in [1.29, 1.82) is 0 Å². The van der Waals surface area contributed by atoms with E-state index in [1.165, 1.54) is 5.01 Å². The number of aliphatic hydroxyl groups excluding tert-OH is 1. The molecule has 0 saturated heterocycles. The van der Waals surface area contributed by atoms with Gasteiger partial charge in [0.05, 0.1) is 18.0 Å². The first kappa shape index (κ1) is 15.9. The Kier molecular flexibility index (Phi) is 4.39. The Morgan fingerprint density at radius 2 is 1.96 bits per heavy atom. The summed E-state index contributed by atoms with van der Waals surface area (Å²) in [5, 5.41) is 17.3. The van der Waals surface area contributed by atoms with Crippen molar-refractivity contribution in [3.05, 3.63) is 60.2 Å². The van der Waals surface area contributed by atoms with Crippen LogP contribution in [0.2, 0.25) is 0 Å². The maximum atomic E-state index is 12.6. The minimum absolute atomic E-state index is 0.117. The average molecular weight is 323 g/mol. The van der Waals surface area contributed by atoms with Gasteiger partial charge in [0.2, 0.25) is 5.91 Å². The van der Waals surface area contributed by atoms with Crippen LogP contribution in [0.25, 0.3) is 0 Å². The van der Waals surface area contributed by atoms with Crippen molar-refractivity contribution < 1.29 is 14.7 Å². The van der Waals surface area contributed by atoms with Crippen LogP contribution in [0.5, 0.6) is 0 Å². The van der Waals surface area contributed by atoms with E-state index in [0.717, 1.165) is 0 Å². The molecule has 2 amide bonds. The molecule has 1 atom stereocenters. The van der Waals surface area contributed by atoms with Crippen molar-refractivity contribution in [3.63, 3.8) is 0 Å². The van der Waals surface area contributed by atoms with Crippen molar-refractivity contribution >= 4 is 28.9 Å². The fourth-order valence-electron chi connectivity index (χ4n) is 2.58. The number of nitrogens with one attached hydrogen (secondary N) is 1. The zero-order valence-electron chi connectivity index (χ0n) is 13.1. The Hall–Kier alpha value is -2.99. The molecule has 6 nitrogen and oxygen atoms in total. The van der Waals surface area contributed by atoms with Crippen LogP contribution in [-0.4, -0.2) is 22.6 Å². The molecule has 0 spiro atoms. The van der Waals surface area contributed by atoms with E-state index < -0.39 is 11.8 Å². The highest BCUT2D eigenvalue weighted by Crippen LogP contribution is 2.24. The van der Waals surface area contributed by atoms with Gasteiger partial charge >= 0.3 is 0 Å². The molecule has 0 fully saturated rings. The van der Waals surface area contributed by atoms with Crippen LogP contribution in [0.4, 0.5) is 11.4 Å². The molecule has 24 heavy (non-hydrogen) atoms. The van der Waals surface area contributed by atoms with Crippen LogP contribution in [-0.2, 0) is 16.2 Å².